The summed E-state index contributed by atoms with van der Waals surface area (Å²) < 4.78 is 17.8. The van der Waals surface area contributed by atoms with Gasteiger partial charge in [-0.05, 0) is 66.6 Å². The highest BCUT2D eigenvalue weighted by atomic mass is 79.9. The molecule has 0 atom stereocenters. The molecule has 7 nitrogen and oxygen atoms in total. The molecule has 0 aliphatic rings. The monoisotopic (exact) mass is 586 g/mol. The first kappa shape index (κ1) is 27.6. The normalized spacial score (nSPS) is 10.7. The van der Waals surface area contributed by atoms with Gasteiger partial charge in [0.05, 0.1) is 23.9 Å². The number of nitrogens with zero attached hydrogens (tertiary/aromatic N) is 1. The molecule has 0 aliphatic carbocycles. The van der Waals surface area contributed by atoms with Crippen LogP contribution < -0.4 is 19.6 Å². The van der Waals surface area contributed by atoms with Crippen LogP contribution in [0, 0.1) is 0 Å². The Morgan fingerprint density at radius 2 is 1.62 bits per heavy atom. The van der Waals surface area contributed by atoms with Crippen LogP contribution in [0.4, 0.5) is 0 Å². The van der Waals surface area contributed by atoms with Crippen LogP contribution in [-0.2, 0) is 6.61 Å². The Kier molecular flexibility index (Phi) is 9.85. The summed E-state index contributed by atoms with van der Waals surface area (Å²) in [6, 6.07) is 28.5. The zero-order valence-electron chi connectivity index (χ0n) is 21.3. The van der Waals surface area contributed by atoms with Crippen LogP contribution in [-0.4, -0.2) is 24.7 Å². The first-order chi connectivity index (χ1) is 19.0. The summed E-state index contributed by atoms with van der Waals surface area (Å²) in [4.78, 5) is 25.6. The van der Waals surface area contributed by atoms with E-state index in [1.54, 1.807) is 66.7 Å². The van der Waals surface area contributed by atoms with Crippen LogP contribution in [0.15, 0.2) is 107 Å². The van der Waals surface area contributed by atoms with E-state index in [1.165, 1.54) is 6.21 Å². The molecule has 0 fully saturated rings. The Morgan fingerprint density at radius 1 is 0.872 bits per heavy atom. The quantitative estimate of drug-likeness (QED) is 0.0903. The highest BCUT2D eigenvalue weighted by molar-refractivity contribution is 9.10. The molecule has 0 aromatic heterocycles. The summed E-state index contributed by atoms with van der Waals surface area (Å²) >= 11 is 3.42. The van der Waals surface area contributed by atoms with Crippen molar-refractivity contribution in [1.82, 2.24) is 5.43 Å². The molecular weight excluding hydrogens is 560 g/mol. The number of nitrogens with one attached hydrogen (secondary N) is 1. The number of esters is 1. The smallest absolute Gasteiger partial charge is 0.343 e. The molecule has 0 radical (unpaired) electrons. The zero-order chi connectivity index (χ0) is 27.5. The lowest BCUT2D eigenvalue weighted by Crippen LogP contribution is -2.19. The Morgan fingerprint density at radius 3 is 2.38 bits per heavy atom. The topological polar surface area (TPSA) is 86.2 Å². The van der Waals surface area contributed by atoms with Gasteiger partial charge in [0.2, 0.25) is 0 Å². The Hall–Kier alpha value is -4.43. The second-order valence-electron chi connectivity index (χ2n) is 8.41. The van der Waals surface area contributed by atoms with Gasteiger partial charge >= 0.3 is 5.97 Å². The molecule has 39 heavy (non-hydrogen) atoms. The molecule has 1 amide bonds. The lowest BCUT2D eigenvalue weighted by atomic mass is 10.2. The number of hydrogen-bond acceptors (Lipinski definition) is 6. The third-order valence-corrected chi connectivity index (χ3v) is 5.97. The van der Waals surface area contributed by atoms with Gasteiger partial charge in [-0.3, -0.25) is 4.79 Å². The van der Waals surface area contributed by atoms with Crippen molar-refractivity contribution in [2.75, 3.05) is 6.61 Å². The Labute approximate surface area is 235 Å². The number of amides is 1. The van der Waals surface area contributed by atoms with Gasteiger partial charge < -0.3 is 14.2 Å². The van der Waals surface area contributed by atoms with Crippen LogP contribution in [0.2, 0.25) is 0 Å². The van der Waals surface area contributed by atoms with E-state index in [9.17, 15) is 9.59 Å². The first-order valence-corrected chi connectivity index (χ1v) is 13.2. The van der Waals surface area contributed by atoms with E-state index in [4.69, 9.17) is 14.2 Å². The molecule has 0 aliphatic heterocycles. The van der Waals surface area contributed by atoms with Crippen molar-refractivity contribution >= 4 is 34.0 Å². The summed E-state index contributed by atoms with van der Waals surface area (Å²) in [6.45, 7) is 2.96. The van der Waals surface area contributed by atoms with Crippen LogP contribution in [0.1, 0.15) is 45.2 Å². The second-order valence-corrected chi connectivity index (χ2v) is 9.33. The number of benzene rings is 4. The van der Waals surface area contributed by atoms with Crippen molar-refractivity contribution in [2.24, 2.45) is 5.10 Å². The largest absolute Gasteiger partial charge is 0.494 e. The van der Waals surface area contributed by atoms with Crippen LogP contribution >= 0.6 is 15.9 Å². The molecule has 0 spiro atoms. The van der Waals surface area contributed by atoms with Crippen molar-refractivity contribution < 1.29 is 23.8 Å². The summed E-state index contributed by atoms with van der Waals surface area (Å²) in [5.41, 5.74) is 4.73. The van der Waals surface area contributed by atoms with E-state index in [2.05, 4.69) is 26.5 Å². The molecule has 0 unspecified atom stereocenters. The van der Waals surface area contributed by atoms with E-state index >= 15 is 0 Å². The maximum Gasteiger partial charge on any atom is 0.343 e. The predicted octanol–water partition coefficient (Wildman–Crippen LogP) is 6.80. The molecule has 0 saturated carbocycles. The van der Waals surface area contributed by atoms with Gasteiger partial charge in [-0.1, -0.05) is 65.3 Å². The van der Waals surface area contributed by atoms with E-state index in [0.717, 1.165) is 16.5 Å². The summed E-state index contributed by atoms with van der Waals surface area (Å²) in [7, 11) is 0. The van der Waals surface area contributed by atoms with E-state index in [-0.39, 0.29) is 0 Å². The molecular formula is C31H27BrN2O5. The summed E-state index contributed by atoms with van der Waals surface area (Å²) in [5.74, 6) is 0.459. The van der Waals surface area contributed by atoms with Gasteiger partial charge in [0, 0.05) is 10.0 Å². The molecule has 0 saturated heterocycles. The number of rotatable bonds is 11. The SMILES string of the molecule is CCCOc1ccc(C(=O)Oc2ccc(Br)cc2/C=N/NC(=O)c2ccccc2OCc2ccccc2)cc1. The van der Waals surface area contributed by atoms with Crippen LogP contribution in [0.3, 0.4) is 0 Å². The molecule has 4 aromatic rings. The van der Waals surface area contributed by atoms with Gasteiger partial charge in [0.15, 0.2) is 0 Å². The number of ether oxygens (including phenoxy) is 3. The maximum atomic E-state index is 12.9. The fraction of sp³-hybridized carbons (Fsp3) is 0.129. The van der Waals surface area contributed by atoms with Gasteiger partial charge in [-0.15, -0.1) is 0 Å². The molecule has 1 N–H and O–H groups in total. The van der Waals surface area contributed by atoms with Crippen molar-refractivity contribution in [3.8, 4) is 17.2 Å². The number of carbonyl (C=O) groups is 2. The molecule has 4 aromatic carbocycles. The predicted molar refractivity (Wildman–Crippen MR) is 154 cm³/mol. The van der Waals surface area contributed by atoms with Crippen molar-refractivity contribution in [3.05, 3.63) is 124 Å². The van der Waals surface area contributed by atoms with Crippen LogP contribution in [0.25, 0.3) is 0 Å². The number of hydrazone groups is 1. The molecule has 4 rings (SSSR count). The van der Waals surface area contributed by atoms with Gasteiger partial charge in [0.1, 0.15) is 23.9 Å². The molecule has 8 heteroatoms. The highest BCUT2D eigenvalue weighted by Crippen LogP contribution is 2.24. The molecule has 0 bridgehead atoms. The number of carbonyl (C=O) groups excluding carboxylic acids is 2. The summed E-state index contributed by atoms with van der Waals surface area (Å²) in [5, 5.41) is 4.09. The highest BCUT2D eigenvalue weighted by Gasteiger charge is 2.14. The molecule has 198 valence electrons. The van der Waals surface area contributed by atoms with E-state index in [1.807, 2.05) is 37.3 Å². The van der Waals surface area contributed by atoms with Crippen molar-refractivity contribution in [2.45, 2.75) is 20.0 Å². The number of halogens is 1. The van der Waals surface area contributed by atoms with E-state index < -0.39 is 11.9 Å². The first-order valence-electron chi connectivity index (χ1n) is 12.4. The Balaban J connectivity index is 1.42. The fourth-order valence-electron chi connectivity index (χ4n) is 3.52. The van der Waals surface area contributed by atoms with E-state index in [0.29, 0.717) is 47.2 Å². The van der Waals surface area contributed by atoms with Gasteiger partial charge in [0.25, 0.3) is 5.91 Å². The lowest BCUT2D eigenvalue weighted by Gasteiger charge is -2.11. The van der Waals surface area contributed by atoms with Crippen LogP contribution in [0.5, 0.6) is 17.2 Å². The maximum absolute atomic E-state index is 12.9. The third kappa shape index (κ3) is 8.02. The van der Waals surface area contributed by atoms with Crippen molar-refractivity contribution in [1.29, 1.82) is 0 Å². The number of hydrogen-bond donors (Lipinski definition) is 1. The summed E-state index contributed by atoms with van der Waals surface area (Å²) in [6.07, 6.45) is 2.31. The van der Waals surface area contributed by atoms with Crippen molar-refractivity contribution in [3.63, 3.8) is 0 Å². The average molecular weight is 587 g/mol. The lowest BCUT2D eigenvalue weighted by molar-refractivity contribution is 0.0734. The second kappa shape index (κ2) is 13.9. The Bertz CT molecular complexity index is 1440. The number of para-hydroxylation sites is 1. The minimum absolute atomic E-state index is 0.291. The average Bonchev–Trinajstić information content (AvgIpc) is 2.97. The standard InChI is InChI=1S/C31H27BrN2O5/c1-2-18-37-26-15-12-23(13-16-26)31(36)39-28-17-14-25(32)19-24(28)20-33-34-30(35)27-10-6-7-11-29(27)38-21-22-8-4-3-5-9-22/h3-17,19-20H,2,18,21H2,1H3,(H,34,35)/b33-20+. The third-order valence-electron chi connectivity index (χ3n) is 5.48. The fourth-order valence-corrected chi connectivity index (χ4v) is 3.89. The van der Waals surface area contributed by atoms with Gasteiger partial charge in [-0.2, -0.15) is 5.10 Å². The van der Waals surface area contributed by atoms with Gasteiger partial charge in [-0.25, -0.2) is 10.2 Å². The zero-order valence-corrected chi connectivity index (χ0v) is 22.9. The minimum atomic E-state index is -0.525. The molecule has 0 heterocycles. The minimum Gasteiger partial charge on any atom is -0.494 e.